The Morgan fingerprint density at radius 2 is 2.05 bits per heavy atom. The Morgan fingerprint density at radius 3 is 2.64 bits per heavy atom. The van der Waals surface area contributed by atoms with Crippen LogP contribution in [-0.2, 0) is 13.1 Å². The van der Waals surface area contributed by atoms with Crippen LogP contribution in [0.25, 0.3) is 0 Å². The number of rotatable bonds is 8. The van der Waals surface area contributed by atoms with Crippen LogP contribution in [0.4, 0.5) is 4.79 Å². The average Bonchev–Trinajstić information content (AvgIpc) is 2.79. The van der Waals surface area contributed by atoms with Crippen molar-refractivity contribution in [3.8, 4) is 0 Å². The van der Waals surface area contributed by atoms with Gasteiger partial charge in [0.15, 0.2) is 0 Å². The first-order valence-corrected chi connectivity index (χ1v) is 7.89. The lowest BCUT2D eigenvalue weighted by Crippen LogP contribution is -2.41. The van der Waals surface area contributed by atoms with Gasteiger partial charge in [-0.15, -0.1) is 0 Å². The molecule has 0 saturated heterocycles. The fourth-order valence-electron chi connectivity index (χ4n) is 2.48. The van der Waals surface area contributed by atoms with Crippen molar-refractivity contribution in [1.29, 1.82) is 0 Å². The fourth-order valence-corrected chi connectivity index (χ4v) is 2.48. The van der Waals surface area contributed by atoms with Gasteiger partial charge in [-0.25, -0.2) is 9.78 Å². The Balaban J connectivity index is 2.39. The standard InChI is InChI=1S/C16H30N4O2/c1-12(2)10-20-7-6-17-14(20)9-18-15(22)19-11-16(4,5)8-13(3)21/h6-7,12-13,21H,8-11H2,1-5H3,(H2,18,19,22). The van der Waals surface area contributed by atoms with E-state index in [1.54, 1.807) is 13.1 Å². The highest BCUT2D eigenvalue weighted by Gasteiger charge is 2.21. The van der Waals surface area contributed by atoms with E-state index in [4.69, 9.17) is 0 Å². The summed E-state index contributed by atoms with van der Waals surface area (Å²) in [7, 11) is 0. The highest BCUT2D eigenvalue weighted by molar-refractivity contribution is 5.73. The van der Waals surface area contributed by atoms with Crippen LogP contribution >= 0.6 is 0 Å². The van der Waals surface area contributed by atoms with Crippen LogP contribution in [0.1, 0.15) is 46.9 Å². The molecule has 0 aromatic carbocycles. The van der Waals surface area contributed by atoms with Crippen LogP contribution in [0.3, 0.4) is 0 Å². The van der Waals surface area contributed by atoms with Crippen LogP contribution in [0.2, 0.25) is 0 Å². The number of hydrogen-bond acceptors (Lipinski definition) is 3. The normalized spacial score (nSPS) is 13.2. The minimum Gasteiger partial charge on any atom is -0.393 e. The summed E-state index contributed by atoms with van der Waals surface area (Å²) in [4.78, 5) is 16.2. The number of aliphatic hydroxyl groups excluding tert-OH is 1. The molecule has 22 heavy (non-hydrogen) atoms. The van der Waals surface area contributed by atoms with Crippen molar-refractivity contribution in [2.45, 2.75) is 60.2 Å². The zero-order valence-corrected chi connectivity index (χ0v) is 14.4. The second-order valence-corrected chi connectivity index (χ2v) is 7.14. The molecule has 6 heteroatoms. The lowest BCUT2D eigenvalue weighted by atomic mass is 9.87. The molecule has 126 valence electrons. The maximum Gasteiger partial charge on any atom is 0.315 e. The van der Waals surface area contributed by atoms with Gasteiger partial charge >= 0.3 is 6.03 Å². The number of aromatic nitrogens is 2. The number of nitrogens with one attached hydrogen (secondary N) is 2. The highest BCUT2D eigenvalue weighted by Crippen LogP contribution is 2.20. The van der Waals surface area contributed by atoms with E-state index in [1.165, 1.54) is 0 Å². The molecule has 0 fully saturated rings. The summed E-state index contributed by atoms with van der Waals surface area (Å²) in [6, 6.07) is -0.210. The molecule has 0 saturated carbocycles. The van der Waals surface area contributed by atoms with E-state index < -0.39 is 0 Å². The molecule has 6 nitrogen and oxygen atoms in total. The van der Waals surface area contributed by atoms with Crippen LogP contribution in [0, 0.1) is 11.3 Å². The third-order valence-electron chi connectivity index (χ3n) is 3.35. The first-order valence-electron chi connectivity index (χ1n) is 7.89. The topological polar surface area (TPSA) is 79.2 Å². The lowest BCUT2D eigenvalue weighted by molar-refractivity contribution is 0.129. The number of imidazole rings is 1. The number of amides is 2. The van der Waals surface area contributed by atoms with E-state index in [9.17, 15) is 9.90 Å². The number of hydrogen-bond donors (Lipinski definition) is 3. The summed E-state index contributed by atoms with van der Waals surface area (Å²) >= 11 is 0. The monoisotopic (exact) mass is 310 g/mol. The van der Waals surface area contributed by atoms with E-state index in [2.05, 4.69) is 34.0 Å². The van der Waals surface area contributed by atoms with E-state index in [-0.39, 0.29) is 17.6 Å². The van der Waals surface area contributed by atoms with Gasteiger partial charge in [-0.3, -0.25) is 0 Å². The second-order valence-electron chi connectivity index (χ2n) is 7.14. The minimum atomic E-state index is -0.372. The van der Waals surface area contributed by atoms with Gasteiger partial charge in [0.2, 0.25) is 0 Å². The molecule has 1 unspecified atom stereocenters. The molecule has 0 bridgehead atoms. The van der Waals surface area contributed by atoms with Gasteiger partial charge in [0, 0.05) is 25.5 Å². The molecule has 1 rings (SSSR count). The molecule has 1 aromatic heterocycles. The van der Waals surface area contributed by atoms with Gasteiger partial charge in [-0.1, -0.05) is 27.7 Å². The molecule has 0 radical (unpaired) electrons. The smallest absolute Gasteiger partial charge is 0.315 e. The number of aliphatic hydroxyl groups is 1. The molecule has 0 aliphatic heterocycles. The van der Waals surface area contributed by atoms with Gasteiger partial charge < -0.3 is 20.3 Å². The van der Waals surface area contributed by atoms with E-state index >= 15 is 0 Å². The first-order chi connectivity index (χ1) is 10.2. The summed E-state index contributed by atoms with van der Waals surface area (Å²) < 4.78 is 2.06. The van der Waals surface area contributed by atoms with E-state index in [1.807, 2.05) is 20.0 Å². The number of carbonyl (C=O) groups is 1. The molecule has 0 aliphatic rings. The summed E-state index contributed by atoms with van der Waals surface area (Å²) in [6.07, 6.45) is 3.96. The Bertz CT molecular complexity index is 466. The largest absolute Gasteiger partial charge is 0.393 e. The molecule has 0 aliphatic carbocycles. The number of urea groups is 1. The third kappa shape index (κ3) is 6.93. The van der Waals surface area contributed by atoms with Crippen molar-refractivity contribution in [1.82, 2.24) is 20.2 Å². The van der Waals surface area contributed by atoms with Crippen LogP contribution in [0.15, 0.2) is 12.4 Å². The maximum absolute atomic E-state index is 11.9. The van der Waals surface area contributed by atoms with Gasteiger partial charge in [-0.2, -0.15) is 0 Å². The minimum absolute atomic E-state index is 0.137. The van der Waals surface area contributed by atoms with Crippen molar-refractivity contribution < 1.29 is 9.90 Å². The van der Waals surface area contributed by atoms with Crippen molar-refractivity contribution in [2.24, 2.45) is 11.3 Å². The van der Waals surface area contributed by atoms with Gasteiger partial charge in [0.1, 0.15) is 5.82 Å². The lowest BCUT2D eigenvalue weighted by Gasteiger charge is -2.26. The summed E-state index contributed by atoms with van der Waals surface area (Å²) in [5.74, 6) is 1.38. The maximum atomic E-state index is 11.9. The SMILES string of the molecule is CC(C)Cn1ccnc1CNC(=O)NCC(C)(C)CC(C)O. The van der Waals surface area contributed by atoms with E-state index in [0.29, 0.717) is 25.4 Å². The third-order valence-corrected chi connectivity index (χ3v) is 3.35. The van der Waals surface area contributed by atoms with E-state index in [0.717, 1.165) is 12.4 Å². The van der Waals surface area contributed by atoms with Crippen molar-refractivity contribution in [3.63, 3.8) is 0 Å². The zero-order valence-electron chi connectivity index (χ0n) is 14.4. The molecular weight excluding hydrogens is 280 g/mol. The Kier molecular flexibility index (Phi) is 6.87. The molecule has 1 aromatic rings. The molecule has 3 N–H and O–H groups in total. The van der Waals surface area contributed by atoms with Gasteiger partial charge in [0.25, 0.3) is 0 Å². The fraction of sp³-hybridized carbons (Fsp3) is 0.750. The first kappa shape index (κ1) is 18.5. The average molecular weight is 310 g/mol. The predicted octanol–water partition coefficient (Wildman–Crippen LogP) is 2.14. The summed E-state index contributed by atoms with van der Waals surface area (Å²) in [6.45, 7) is 11.9. The van der Waals surface area contributed by atoms with Crippen LogP contribution in [-0.4, -0.2) is 33.3 Å². The van der Waals surface area contributed by atoms with Crippen molar-refractivity contribution in [2.75, 3.05) is 6.54 Å². The molecule has 1 atom stereocenters. The summed E-state index contributed by atoms with van der Waals surface area (Å²) in [5.41, 5.74) is -0.137. The Hall–Kier alpha value is -1.56. The van der Waals surface area contributed by atoms with Crippen molar-refractivity contribution >= 4 is 6.03 Å². The Labute approximate surface area is 133 Å². The quantitative estimate of drug-likeness (QED) is 0.688. The second kappa shape index (κ2) is 8.17. The summed E-state index contributed by atoms with van der Waals surface area (Å²) in [5, 5.41) is 15.1. The predicted molar refractivity (Wildman–Crippen MR) is 87.4 cm³/mol. The van der Waals surface area contributed by atoms with Crippen molar-refractivity contribution in [3.05, 3.63) is 18.2 Å². The molecule has 1 heterocycles. The highest BCUT2D eigenvalue weighted by atomic mass is 16.3. The molecule has 0 spiro atoms. The van der Waals surface area contributed by atoms with Gasteiger partial charge in [-0.05, 0) is 24.7 Å². The molecule has 2 amide bonds. The Morgan fingerprint density at radius 1 is 1.36 bits per heavy atom. The zero-order chi connectivity index (χ0) is 16.8. The number of nitrogens with zero attached hydrogens (tertiary/aromatic N) is 2. The van der Waals surface area contributed by atoms with Crippen LogP contribution in [0.5, 0.6) is 0 Å². The van der Waals surface area contributed by atoms with Gasteiger partial charge in [0.05, 0.1) is 12.6 Å². The van der Waals surface area contributed by atoms with Crippen LogP contribution < -0.4 is 10.6 Å². The molecular formula is C16H30N4O2. The number of carbonyl (C=O) groups excluding carboxylic acids is 1.